The van der Waals surface area contributed by atoms with Crippen molar-refractivity contribution in [3.8, 4) is 0 Å². The zero-order valence-corrected chi connectivity index (χ0v) is 9.12. The van der Waals surface area contributed by atoms with Gasteiger partial charge in [0.25, 0.3) is 0 Å². The van der Waals surface area contributed by atoms with Gasteiger partial charge < -0.3 is 16.0 Å². The van der Waals surface area contributed by atoms with E-state index >= 15 is 0 Å². The third-order valence-electron chi connectivity index (χ3n) is 2.14. The van der Waals surface area contributed by atoms with Gasteiger partial charge in [-0.05, 0) is 19.1 Å². The van der Waals surface area contributed by atoms with E-state index in [0.29, 0.717) is 12.6 Å². The molecule has 0 heterocycles. The molecule has 0 fully saturated rings. The van der Waals surface area contributed by atoms with E-state index in [1.165, 1.54) is 5.69 Å². The maximum atomic E-state index is 5.57. The van der Waals surface area contributed by atoms with Gasteiger partial charge in [-0.3, -0.25) is 0 Å². The van der Waals surface area contributed by atoms with Crippen LogP contribution in [0.1, 0.15) is 6.92 Å². The first kappa shape index (κ1) is 10.9. The molecule has 14 heavy (non-hydrogen) atoms. The topological polar surface area (TPSA) is 41.3 Å². The van der Waals surface area contributed by atoms with Crippen molar-refractivity contribution in [3.05, 3.63) is 24.3 Å². The quantitative estimate of drug-likeness (QED) is 0.761. The molecular formula is C11H19N3. The van der Waals surface area contributed by atoms with Gasteiger partial charge >= 0.3 is 0 Å². The molecule has 0 radical (unpaired) electrons. The Hall–Kier alpha value is -1.22. The van der Waals surface area contributed by atoms with Crippen molar-refractivity contribution in [1.82, 2.24) is 0 Å². The Morgan fingerprint density at radius 3 is 2.57 bits per heavy atom. The zero-order chi connectivity index (χ0) is 10.6. The van der Waals surface area contributed by atoms with E-state index in [9.17, 15) is 0 Å². The van der Waals surface area contributed by atoms with Crippen LogP contribution in [-0.2, 0) is 0 Å². The molecule has 1 aromatic rings. The summed E-state index contributed by atoms with van der Waals surface area (Å²) >= 11 is 0. The molecule has 1 aromatic carbocycles. The van der Waals surface area contributed by atoms with Crippen LogP contribution in [0.5, 0.6) is 0 Å². The lowest BCUT2D eigenvalue weighted by Gasteiger charge is -2.20. The number of anilines is 2. The largest absolute Gasteiger partial charge is 0.380 e. The molecule has 3 heteroatoms. The molecule has 0 aromatic heterocycles. The van der Waals surface area contributed by atoms with Crippen LogP contribution < -0.4 is 16.0 Å². The number of hydrogen-bond donors (Lipinski definition) is 2. The number of para-hydroxylation sites is 2. The van der Waals surface area contributed by atoms with Gasteiger partial charge in [0.1, 0.15) is 0 Å². The third-order valence-corrected chi connectivity index (χ3v) is 2.14. The molecule has 3 N–H and O–H groups in total. The minimum absolute atomic E-state index is 0.302. The fourth-order valence-electron chi connectivity index (χ4n) is 1.31. The summed E-state index contributed by atoms with van der Waals surface area (Å²) in [6.07, 6.45) is 0. The van der Waals surface area contributed by atoms with Crippen LogP contribution in [-0.4, -0.2) is 26.7 Å². The highest BCUT2D eigenvalue weighted by molar-refractivity contribution is 5.69. The van der Waals surface area contributed by atoms with Crippen molar-refractivity contribution >= 4 is 11.4 Å². The summed E-state index contributed by atoms with van der Waals surface area (Å²) in [6, 6.07) is 8.52. The first-order chi connectivity index (χ1) is 6.65. The Kier molecular flexibility index (Phi) is 3.77. The Balaban J connectivity index is 2.84. The van der Waals surface area contributed by atoms with Crippen LogP contribution in [0.4, 0.5) is 11.4 Å². The van der Waals surface area contributed by atoms with Gasteiger partial charge in [0.2, 0.25) is 0 Å². The Bertz CT molecular complexity index is 284. The van der Waals surface area contributed by atoms with Gasteiger partial charge in [0.15, 0.2) is 0 Å². The van der Waals surface area contributed by atoms with E-state index in [0.717, 1.165) is 5.69 Å². The minimum Gasteiger partial charge on any atom is -0.380 e. The summed E-state index contributed by atoms with van der Waals surface area (Å²) in [7, 11) is 4.07. The standard InChI is InChI=1S/C11H19N3/c1-9(8-12)13-10-6-4-5-7-11(10)14(2)3/h4-7,9,13H,8,12H2,1-3H3. The van der Waals surface area contributed by atoms with Gasteiger partial charge in [0.05, 0.1) is 11.4 Å². The van der Waals surface area contributed by atoms with Crippen molar-refractivity contribution in [1.29, 1.82) is 0 Å². The molecule has 1 rings (SSSR count). The molecule has 0 bridgehead atoms. The lowest BCUT2D eigenvalue weighted by Crippen LogP contribution is -2.26. The van der Waals surface area contributed by atoms with Crippen LogP contribution in [0, 0.1) is 0 Å². The van der Waals surface area contributed by atoms with Crippen LogP contribution in [0.3, 0.4) is 0 Å². The maximum Gasteiger partial charge on any atom is 0.0596 e. The smallest absolute Gasteiger partial charge is 0.0596 e. The molecule has 0 aliphatic heterocycles. The predicted octanol–water partition coefficient (Wildman–Crippen LogP) is 1.51. The summed E-state index contributed by atoms with van der Waals surface area (Å²) in [5.74, 6) is 0. The predicted molar refractivity (Wildman–Crippen MR) is 62.9 cm³/mol. The summed E-state index contributed by atoms with van der Waals surface area (Å²) in [4.78, 5) is 2.09. The van der Waals surface area contributed by atoms with Crippen molar-refractivity contribution in [2.75, 3.05) is 30.9 Å². The van der Waals surface area contributed by atoms with E-state index in [4.69, 9.17) is 5.73 Å². The van der Waals surface area contributed by atoms with Crippen LogP contribution in [0.15, 0.2) is 24.3 Å². The molecule has 1 atom stereocenters. The van der Waals surface area contributed by atoms with Gasteiger partial charge in [-0.15, -0.1) is 0 Å². The van der Waals surface area contributed by atoms with E-state index in [-0.39, 0.29) is 0 Å². The lowest BCUT2D eigenvalue weighted by molar-refractivity contribution is 0.803. The molecule has 0 aliphatic rings. The second-order valence-corrected chi connectivity index (χ2v) is 3.69. The number of nitrogens with one attached hydrogen (secondary N) is 1. The van der Waals surface area contributed by atoms with Crippen molar-refractivity contribution in [2.45, 2.75) is 13.0 Å². The number of benzene rings is 1. The second-order valence-electron chi connectivity index (χ2n) is 3.69. The highest BCUT2D eigenvalue weighted by Gasteiger charge is 2.05. The van der Waals surface area contributed by atoms with Gasteiger partial charge in [0, 0.05) is 26.7 Å². The number of rotatable bonds is 4. The van der Waals surface area contributed by atoms with E-state index < -0.39 is 0 Å². The molecule has 0 aliphatic carbocycles. The van der Waals surface area contributed by atoms with E-state index in [1.807, 2.05) is 26.2 Å². The van der Waals surface area contributed by atoms with Crippen molar-refractivity contribution in [3.63, 3.8) is 0 Å². The zero-order valence-electron chi connectivity index (χ0n) is 9.12. The molecule has 1 unspecified atom stereocenters. The lowest BCUT2D eigenvalue weighted by atomic mass is 10.2. The minimum atomic E-state index is 0.302. The Morgan fingerprint density at radius 2 is 2.00 bits per heavy atom. The number of nitrogens with zero attached hydrogens (tertiary/aromatic N) is 1. The summed E-state index contributed by atoms with van der Waals surface area (Å²) in [6.45, 7) is 2.72. The Morgan fingerprint density at radius 1 is 1.36 bits per heavy atom. The highest BCUT2D eigenvalue weighted by atomic mass is 15.1. The summed E-state index contributed by atoms with van der Waals surface area (Å²) in [5.41, 5.74) is 7.89. The summed E-state index contributed by atoms with van der Waals surface area (Å²) < 4.78 is 0. The third kappa shape index (κ3) is 2.64. The monoisotopic (exact) mass is 193 g/mol. The maximum absolute atomic E-state index is 5.57. The molecule has 0 spiro atoms. The SMILES string of the molecule is CC(CN)Nc1ccccc1N(C)C. The van der Waals surface area contributed by atoms with Crippen LogP contribution in [0.25, 0.3) is 0 Å². The molecule has 0 saturated carbocycles. The Labute approximate surface area is 85.9 Å². The van der Waals surface area contributed by atoms with Crippen molar-refractivity contribution in [2.24, 2.45) is 5.73 Å². The van der Waals surface area contributed by atoms with Crippen LogP contribution in [0.2, 0.25) is 0 Å². The van der Waals surface area contributed by atoms with Crippen LogP contribution >= 0.6 is 0 Å². The number of nitrogens with two attached hydrogens (primary N) is 1. The molecule has 0 amide bonds. The molecular weight excluding hydrogens is 174 g/mol. The second kappa shape index (κ2) is 4.86. The fourth-order valence-corrected chi connectivity index (χ4v) is 1.31. The first-order valence-electron chi connectivity index (χ1n) is 4.88. The van der Waals surface area contributed by atoms with Gasteiger partial charge in [-0.1, -0.05) is 12.1 Å². The van der Waals surface area contributed by atoms with E-state index in [2.05, 4.69) is 29.3 Å². The highest BCUT2D eigenvalue weighted by Crippen LogP contribution is 2.23. The van der Waals surface area contributed by atoms with Gasteiger partial charge in [-0.2, -0.15) is 0 Å². The first-order valence-corrected chi connectivity index (χ1v) is 4.88. The van der Waals surface area contributed by atoms with Gasteiger partial charge in [-0.25, -0.2) is 0 Å². The van der Waals surface area contributed by atoms with E-state index in [1.54, 1.807) is 0 Å². The number of hydrogen-bond acceptors (Lipinski definition) is 3. The average molecular weight is 193 g/mol. The van der Waals surface area contributed by atoms with Crippen molar-refractivity contribution < 1.29 is 0 Å². The normalized spacial score (nSPS) is 12.3. The summed E-state index contributed by atoms with van der Waals surface area (Å²) in [5, 5.41) is 3.37. The average Bonchev–Trinajstić information content (AvgIpc) is 2.18. The molecule has 78 valence electrons. The fraction of sp³-hybridized carbons (Fsp3) is 0.455. The molecule has 0 saturated heterocycles. The molecule has 3 nitrogen and oxygen atoms in total.